The molecule has 4 rings (SSSR count). The Morgan fingerprint density at radius 2 is 1.93 bits per heavy atom. The number of carbonyl (C=O) groups excluding carboxylic acids is 2. The summed E-state index contributed by atoms with van der Waals surface area (Å²) in [7, 11) is 0. The number of hydrogen-bond donors (Lipinski definition) is 1. The first-order valence-corrected chi connectivity index (χ1v) is 11.8. The van der Waals surface area contributed by atoms with Gasteiger partial charge >= 0.3 is 0 Å². The zero-order valence-corrected chi connectivity index (χ0v) is 18.2. The maximum atomic E-state index is 12.5. The number of likely N-dealkylation sites (tertiary alicyclic amines) is 1. The van der Waals surface area contributed by atoms with Crippen molar-refractivity contribution < 1.29 is 14.0 Å². The highest BCUT2D eigenvalue weighted by atomic mass is 32.2. The van der Waals surface area contributed by atoms with Crippen molar-refractivity contribution >= 4 is 23.6 Å². The molecular formula is C21H29N5O3S. The number of nitrogens with one attached hydrogen (secondary N) is 1. The topological polar surface area (TPSA) is 93.3 Å². The van der Waals surface area contributed by atoms with Crippen LogP contribution in [0.1, 0.15) is 57.9 Å². The van der Waals surface area contributed by atoms with Gasteiger partial charge in [0.15, 0.2) is 10.9 Å². The molecule has 0 spiro atoms. The van der Waals surface area contributed by atoms with Gasteiger partial charge in [-0.05, 0) is 37.8 Å². The summed E-state index contributed by atoms with van der Waals surface area (Å²) >= 11 is 1.43. The Morgan fingerprint density at radius 1 is 1.17 bits per heavy atom. The van der Waals surface area contributed by atoms with Gasteiger partial charge in [-0.1, -0.05) is 31.0 Å². The van der Waals surface area contributed by atoms with E-state index in [1.54, 1.807) is 13.2 Å². The van der Waals surface area contributed by atoms with E-state index in [1.165, 1.54) is 31.0 Å². The number of amides is 2. The second-order valence-corrected chi connectivity index (χ2v) is 9.02. The van der Waals surface area contributed by atoms with Gasteiger partial charge in [-0.3, -0.25) is 14.2 Å². The van der Waals surface area contributed by atoms with Crippen LogP contribution in [0.4, 0.5) is 0 Å². The third kappa shape index (κ3) is 4.88. The van der Waals surface area contributed by atoms with E-state index < -0.39 is 0 Å². The van der Waals surface area contributed by atoms with Gasteiger partial charge in [0.05, 0.1) is 12.0 Å². The van der Waals surface area contributed by atoms with Crippen LogP contribution in [0, 0.1) is 0 Å². The molecule has 1 aliphatic carbocycles. The van der Waals surface area contributed by atoms with E-state index in [2.05, 4.69) is 20.1 Å². The Hall–Kier alpha value is -2.29. The van der Waals surface area contributed by atoms with Crippen LogP contribution in [0.2, 0.25) is 0 Å². The molecule has 0 atom stereocenters. The van der Waals surface area contributed by atoms with E-state index >= 15 is 0 Å². The summed E-state index contributed by atoms with van der Waals surface area (Å²) in [4.78, 5) is 25.8. The number of carbonyl (C=O) groups is 2. The normalized spacial score (nSPS) is 18.5. The van der Waals surface area contributed by atoms with Crippen molar-refractivity contribution in [3.05, 3.63) is 18.4 Å². The Labute approximate surface area is 180 Å². The molecule has 1 aliphatic heterocycles. The Morgan fingerprint density at radius 3 is 2.60 bits per heavy atom. The maximum Gasteiger partial charge on any atom is 0.230 e. The van der Waals surface area contributed by atoms with Crippen LogP contribution in [0.15, 0.2) is 28.0 Å². The van der Waals surface area contributed by atoms with Gasteiger partial charge in [0.2, 0.25) is 17.6 Å². The molecule has 0 unspecified atom stereocenters. The van der Waals surface area contributed by atoms with Crippen molar-refractivity contribution in [3.63, 3.8) is 0 Å². The van der Waals surface area contributed by atoms with Gasteiger partial charge < -0.3 is 14.6 Å². The summed E-state index contributed by atoms with van der Waals surface area (Å²) in [6.07, 6.45) is 9.11. The monoisotopic (exact) mass is 431 g/mol. The number of thioether (sulfide) groups is 1. The molecule has 0 radical (unpaired) electrons. The molecule has 2 amide bonds. The predicted molar refractivity (Wildman–Crippen MR) is 114 cm³/mol. The second kappa shape index (κ2) is 9.68. The van der Waals surface area contributed by atoms with E-state index in [9.17, 15) is 9.59 Å². The van der Waals surface area contributed by atoms with Crippen LogP contribution in [0.5, 0.6) is 0 Å². The summed E-state index contributed by atoms with van der Waals surface area (Å²) in [5, 5.41) is 12.6. The number of aromatic nitrogens is 3. The van der Waals surface area contributed by atoms with Crippen LogP contribution in [-0.2, 0) is 9.59 Å². The number of piperidine rings is 1. The van der Waals surface area contributed by atoms with E-state index in [4.69, 9.17) is 4.42 Å². The molecule has 30 heavy (non-hydrogen) atoms. The quantitative estimate of drug-likeness (QED) is 0.706. The van der Waals surface area contributed by atoms with Crippen LogP contribution in [0.3, 0.4) is 0 Å². The molecule has 1 saturated carbocycles. The average Bonchev–Trinajstić information content (AvgIpc) is 3.43. The van der Waals surface area contributed by atoms with Gasteiger partial charge in [0, 0.05) is 32.1 Å². The lowest BCUT2D eigenvalue weighted by molar-refractivity contribution is -0.130. The molecule has 2 aromatic heterocycles. The number of furan rings is 1. The highest BCUT2D eigenvalue weighted by Crippen LogP contribution is 2.35. The largest absolute Gasteiger partial charge is 0.461 e. The third-order valence-electron chi connectivity index (χ3n) is 5.98. The SMILES string of the molecule is CC(=O)N1CCC(NC(=O)CSc2nnc(-c3ccco3)n2C2CCCCC2)CC1. The lowest BCUT2D eigenvalue weighted by atomic mass is 9.95. The highest BCUT2D eigenvalue weighted by Gasteiger charge is 2.26. The molecular weight excluding hydrogens is 402 g/mol. The van der Waals surface area contributed by atoms with Gasteiger partial charge in [-0.25, -0.2) is 0 Å². The van der Waals surface area contributed by atoms with Crippen LogP contribution in [0.25, 0.3) is 11.6 Å². The number of hydrogen-bond acceptors (Lipinski definition) is 6. The van der Waals surface area contributed by atoms with Crippen molar-refractivity contribution in [3.8, 4) is 11.6 Å². The van der Waals surface area contributed by atoms with Crippen LogP contribution >= 0.6 is 11.8 Å². The fraction of sp³-hybridized carbons (Fsp3) is 0.619. The standard InChI is InChI=1S/C21H29N5O3S/c1-15(27)25-11-9-16(10-12-25)22-19(28)14-30-21-24-23-20(18-8-5-13-29-18)26(21)17-6-3-2-4-7-17/h5,8,13,16-17H,2-4,6-7,9-12,14H2,1H3,(H,22,28). The lowest BCUT2D eigenvalue weighted by Crippen LogP contribution is -2.46. The summed E-state index contributed by atoms with van der Waals surface area (Å²) < 4.78 is 7.74. The Balaban J connectivity index is 1.38. The minimum atomic E-state index is -0.000909. The zero-order valence-electron chi connectivity index (χ0n) is 17.4. The molecule has 1 N–H and O–H groups in total. The van der Waals surface area contributed by atoms with Crippen LogP contribution in [-0.4, -0.2) is 56.4 Å². The molecule has 0 aromatic carbocycles. The molecule has 9 heteroatoms. The Bertz CT molecular complexity index is 852. The van der Waals surface area contributed by atoms with Crippen molar-refractivity contribution in [1.82, 2.24) is 25.0 Å². The zero-order chi connectivity index (χ0) is 20.9. The van der Waals surface area contributed by atoms with E-state index in [0.717, 1.165) is 36.7 Å². The summed E-state index contributed by atoms with van der Waals surface area (Å²) in [6, 6.07) is 4.23. The van der Waals surface area contributed by atoms with Gasteiger partial charge in [-0.15, -0.1) is 10.2 Å². The smallest absolute Gasteiger partial charge is 0.230 e. The number of nitrogens with zero attached hydrogens (tertiary/aromatic N) is 4. The maximum absolute atomic E-state index is 12.5. The van der Waals surface area contributed by atoms with Crippen molar-refractivity contribution in [2.75, 3.05) is 18.8 Å². The van der Waals surface area contributed by atoms with Crippen molar-refractivity contribution in [1.29, 1.82) is 0 Å². The molecule has 2 fully saturated rings. The summed E-state index contributed by atoms with van der Waals surface area (Å²) in [5.74, 6) is 1.85. The summed E-state index contributed by atoms with van der Waals surface area (Å²) in [5.41, 5.74) is 0. The fourth-order valence-corrected chi connectivity index (χ4v) is 5.17. The minimum absolute atomic E-state index is 0.000909. The lowest BCUT2D eigenvalue weighted by Gasteiger charge is -2.31. The van der Waals surface area contributed by atoms with Crippen molar-refractivity contribution in [2.45, 2.75) is 69.1 Å². The number of rotatable bonds is 6. The molecule has 8 nitrogen and oxygen atoms in total. The fourth-order valence-electron chi connectivity index (χ4n) is 4.36. The van der Waals surface area contributed by atoms with Gasteiger partial charge in [0.1, 0.15) is 0 Å². The summed E-state index contributed by atoms with van der Waals surface area (Å²) in [6.45, 7) is 3.00. The molecule has 162 valence electrons. The third-order valence-corrected chi connectivity index (χ3v) is 6.93. The second-order valence-electron chi connectivity index (χ2n) is 8.08. The molecule has 2 aliphatic rings. The highest BCUT2D eigenvalue weighted by molar-refractivity contribution is 7.99. The van der Waals surface area contributed by atoms with Crippen LogP contribution < -0.4 is 5.32 Å². The van der Waals surface area contributed by atoms with E-state index in [0.29, 0.717) is 30.6 Å². The van der Waals surface area contributed by atoms with Gasteiger partial charge in [0.25, 0.3) is 0 Å². The van der Waals surface area contributed by atoms with Gasteiger partial charge in [-0.2, -0.15) is 0 Å². The molecule has 3 heterocycles. The first-order chi connectivity index (χ1) is 14.6. The molecule has 0 bridgehead atoms. The van der Waals surface area contributed by atoms with E-state index in [1.807, 2.05) is 17.0 Å². The molecule has 1 saturated heterocycles. The first kappa shape index (κ1) is 21.0. The molecule has 2 aromatic rings. The average molecular weight is 432 g/mol. The predicted octanol–water partition coefficient (Wildman–Crippen LogP) is 3.26. The van der Waals surface area contributed by atoms with E-state index in [-0.39, 0.29) is 17.9 Å². The van der Waals surface area contributed by atoms with Crippen molar-refractivity contribution in [2.24, 2.45) is 0 Å². The first-order valence-electron chi connectivity index (χ1n) is 10.8. The Kier molecular flexibility index (Phi) is 6.76. The minimum Gasteiger partial charge on any atom is -0.461 e.